The van der Waals surface area contributed by atoms with Crippen molar-refractivity contribution in [3.8, 4) is 0 Å². The van der Waals surface area contributed by atoms with Gasteiger partial charge in [0.05, 0.1) is 16.1 Å². The predicted octanol–water partition coefficient (Wildman–Crippen LogP) is 4.40. The molecule has 2 N–H and O–H groups in total. The van der Waals surface area contributed by atoms with Crippen molar-refractivity contribution in [2.75, 3.05) is 11.3 Å². The SMILES string of the molecule is O=C(O)c1ccccc1CN1CCc2ccc(S(=O)(=O)Nc3cccc(Cl)c3)cc2C1. The summed E-state index contributed by atoms with van der Waals surface area (Å²) >= 11 is 5.95. The van der Waals surface area contributed by atoms with E-state index >= 15 is 0 Å². The Morgan fingerprint density at radius 1 is 1.03 bits per heavy atom. The van der Waals surface area contributed by atoms with Crippen LogP contribution in [0.1, 0.15) is 27.0 Å². The van der Waals surface area contributed by atoms with Crippen LogP contribution in [0.25, 0.3) is 0 Å². The lowest BCUT2D eigenvalue weighted by Gasteiger charge is -2.29. The zero-order chi connectivity index (χ0) is 22.0. The second-order valence-electron chi connectivity index (χ2n) is 7.47. The average molecular weight is 457 g/mol. The van der Waals surface area contributed by atoms with Gasteiger partial charge in [0.1, 0.15) is 0 Å². The first kappa shape index (κ1) is 21.4. The minimum Gasteiger partial charge on any atom is -0.478 e. The van der Waals surface area contributed by atoms with Crippen LogP contribution in [0.15, 0.2) is 71.6 Å². The zero-order valence-electron chi connectivity index (χ0n) is 16.6. The second kappa shape index (κ2) is 8.70. The first-order valence-corrected chi connectivity index (χ1v) is 11.6. The van der Waals surface area contributed by atoms with Gasteiger partial charge < -0.3 is 5.11 Å². The van der Waals surface area contributed by atoms with Crippen LogP contribution < -0.4 is 4.72 Å². The van der Waals surface area contributed by atoms with Gasteiger partial charge in [-0.3, -0.25) is 9.62 Å². The summed E-state index contributed by atoms with van der Waals surface area (Å²) in [5.41, 5.74) is 3.45. The van der Waals surface area contributed by atoms with E-state index in [0.717, 1.165) is 29.7 Å². The number of nitrogens with one attached hydrogen (secondary N) is 1. The topological polar surface area (TPSA) is 86.7 Å². The molecule has 0 unspecified atom stereocenters. The molecule has 0 bridgehead atoms. The largest absolute Gasteiger partial charge is 0.478 e. The summed E-state index contributed by atoms with van der Waals surface area (Å²) in [5, 5.41) is 9.86. The van der Waals surface area contributed by atoms with Gasteiger partial charge >= 0.3 is 5.97 Å². The van der Waals surface area contributed by atoms with Crippen LogP contribution in [-0.4, -0.2) is 30.9 Å². The van der Waals surface area contributed by atoms with E-state index in [9.17, 15) is 18.3 Å². The van der Waals surface area contributed by atoms with Gasteiger partial charge in [0.25, 0.3) is 10.0 Å². The van der Waals surface area contributed by atoms with Crippen molar-refractivity contribution in [2.45, 2.75) is 24.4 Å². The van der Waals surface area contributed by atoms with Gasteiger partial charge in [-0.15, -0.1) is 0 Å². The monoisotopic (exact) mass is 456 g/mol. The number of anilines is 1. The lowest BCUT2D eigenvalue weighted by Crippen LogP contribution is -2.31. The Labute approximate surface area is 186 Å². The smallest absolute Gasteiger partial charge is 0.336 e. The first-order valence-electron chi connectivity index (χ1n) is 9.75. The highest BCUT2D eigenvalue weighted by atomic mass is 35.5. The molecule has 4 rings (SSSR count). The molecule has 0 aromatic heterocycles. The molecule has 160 valence electrons. The molecule has 0 fully saturated rings. The van der Waals surface area contributed by atoms with Gasteiger partial charge in [-0.25, -0.2) is 13.2 Å². The summed E-state index contributed by atoms with van der Waals surface area (Å²) in [5.74, 6) is -0.950. The molecule has 8 heteroatoms. The Bertz CT molecular complexity index is 1240. The summed E-state index contributed by atoms with van der Waals surface area (Å²) in [6, 6.07) is 18.7. The lowest BCUT2D eigenvalue weighted by molar-refractivity contribution is 0.0694. The summed E-state index contributed by atoms with van der Waals surface area (Å²) < 4.78 is 28.3. The zero-order valence-corrected chi connectivity index (χ0v) is 18.2. The number of hydrogen-bond donors (Lipinski definition) is 2. The minimum absolute atomic E-state index is 0.180. The highest BCUT2D eigenvalue weighted by Crippen LogP contribution is 2.26. The number of hydrogen-bond acceptors (Lipinski definition) is 4. The number of benzene rings is 3. The third-order valence-corrected chi connectivity index (χ3v) is 6.91. The number of sulfonamides is 1. The molecule has 3 aromatic rings. The average Bonchev–Trinajstić information content (AvgIpc) is 2.73. The van der Waals surface area contributed by atoms with Gasteiger partial charge in [-0.2, -0.15) is 0 Å². The Hall–Kier alpha value is -2.87. The van der Waals surface area contributed by atoms with Crippen molar-refractivity contribution >= 4 is 33.3 Å². The standard InChI is InChI=1S/C23H21ClN2O4S/c24-19-5-3-6-20(13-19)25-31(29,30)21-9-8-16-10-11-26(15-18(16)12-21)14-17-4-1-2-7-22(17)23(27)28/h1-9,12-13,25H,10-11,14-15H2,(H,27,28). The molecule has 0 atom stereocenters. The molecule has 1 aliphatic heterocycles. The van der Waals surface area contributed by atoms with Crippen molar-refractivity contribution in [2.24, 2.45) is 0 Å². The fourth-order valence-corrected chi connectivity index (χ4v) is 5.06. The van der Waals surface area contributed by atoms with Crippen molar-refractivity contribution in [1.82, 2.24) is 4.90 Å². The molecule has 0 amide bonds. The third-order valence-electron chi connectivity index (χ3n) is 5.30. The molecular weight excluding hydrogens is 436 g/mol. The molecule has 3 aromatic carbocycles. The third kappa shape index (κ3) is 4.90. The Kier molecular flexibility index (Phi) is 6.00. The molecule has 0 aliphatic carbocycles. The minimum atomic E-state index is -3.76. The van der Waals surface area contributed by atoms with E-state index in [-0.39, 0.29) is 10.5 Å². The van der Waals surface area contributed by atoms with E-state index < -0.39 is 16.0 Å². The Balaban J connectivity index is 1.55. The Morgan fingerprint density at radius 3 is 2.61 bits per heavy atom. The maximum Gasteiger partial charge on any atom is 0.336 e. The van der Waals surface area contributed by atoms with E-state index in [1.807, 2.05) is 18.2 Å². The molecular formula is C23H21ClN2O4S. The van der Waals surface area contributed by atoms with Crippen LogP contribution in [0.2, 0.25) is 5.02 Å². The van der Waals surface area contributed by atoms with E-state index in [1.54, 1.807) is 48.5 Å². The van der Waals surface area contributed by atoms with Crippen LogP contribution in [0, 0.1) is 0 Å². The molecule has 0 saturated carbocycles. The molecule has 0 spiro atoms. The summed E-state index contributed by atoms with van der Waals surface area (Å²) in [4.78, 5) is 13.8. The quantitative estimate of drug-likeness (QED) is 0.574. The van der Waals surface area contributed by atoms with E-state index in [0.29, 0.717) is 23.8 Å². The molecule has 6 nitrogen and oxygen atoms in total. The van der Waals surface area contributed by atoms with E-state index in [1.165, 1.54) is 0 Å². The number of nitrogens with zero attached hydrogens (tertiary/aromatic N) is 1. The maximum absolute atomic E-state index is 12.9. The van der Waals surface area contributed by atoms with Crippen LogP contribution in [0.3, 0.4) is 0 Å². The fraction of sp³-hybridized carbons (Fsp3) is 0.174. The Morgan fingerprint density at radius 2 is 1.84 bits per heavy atom. The molecule has 0 radical (unpaired) electrons. The predicted molar refractivity (Wildman–Crippen MR) is 120 cm³/mol. The highest BCUT2D eigenvalue weighted by Gasteiger charge is 2.22. The first-order chi connectivity index (χ1) is 14.8. The van der Waals surface area contributed by atoms with Crippen molar-refractivity contribution in [1.29, 1.82) is 0 Å². The van der Waals surface area contributed by atoms with Crippen LogP contribution in [0.4, 0.5) is 5.69 Å². The summed E-state index contributed by atoms with van der Waals surface area (Å²) in [6.07, 6.45) is 0.770. The van der Waals surface area contributed by atoms with Gasteiger partial charge in [-0.05, 0) is 59.5 Å². The molecule has 31 heavy (non-hydrogen) atoms. The van der Waals surface area contributed by atoms with Crippen LogP contribution in [0.5, 0.6) is 0 Å². The van der Waals surface area contributed by atoms with Crippen LogP contribution >= 0.6 is 11.6 Å². The number of carboxylic acid groups (broad SMARTS) is 1. The number of carboxylic acids is 1. The van der Waals surface area contributed by atoms with Gasteiger partial charge in [0.2, 0.25) is 0 Å². The second-order valence-corrected chi connectivity index (χ2v) is 9.59. The molecule has 1 aliphatic rings. The number of aromatic carboxylic acids is 1. The maximum atomic E-state index is 12.9. The number of halogens is 1. The van der Waals surface area contributed by atoms with Crippen molar-refractivity contribution in [3.05, 3.63) is 94.0 Å². The van der Waals surface area contributed by atoms with E-state index in [4.69, 9.17) is 11.6 Å². The molecule has 0 saturated heterocycles. The summed E-state index contributed by atoms with van der Waals surface area (Å²) in [7, 11) is -3.76. The number of carbonyl (C=O) groups is 1. The van der Waals surface area contributed by atoms with Gasteiger partial charge in [0.15, 0.2) is 0 Å². The number of rotatable bonds is 6. The van der Waals surface area contributed by atoms with Gasteiger partial charge in [0, 0.05) is 24.7 Å². The lowest BCUT2D eigenvalue weighted by atomic mass is 9.98. The van der Waals surface area contributed by atoms with Gasteiger partial charge in [-0.1, -0.05) is 41.9 Å². The van der Waals surface area contributed by atoms with Crippen LogP contribution in [-0.2, 0) is 29.5 Å². The van der Waals surface area contributed by atoms with E-state index in [2.05, 4.69) is 9.62 Å². The fourth-order valence-electron chi connectivity index (χ4n) is 3.77. The molecule has 1 heterocycles. The summed E-state index contributed by atoms with van der Waals surface area (Å²) in [6.45, 7) is 1.80. The van der Waals surface area contributed by atoms with Crippen molar-refractivity contribution < 1.29 is 18.3 Å². The van der Waals surface area contributed by atoms with Crippen molar-refractivity contribution in [3.63, 3.8) is 0 Å². The highest BCUT2D eigenvalue weighted by molar-refractivity contribution is 7.92. The number of fused-ring (bicyclic) bond motifs is 1. The normalized spacial score (nSPS) is 14.1.